The topological polar surface area (TPSA) is 128 Å². The molecule has 13 heteroatoms. The van der Waals surface area contributed by atoms with E-state index in [1.165, 1.54) is 0 Å². The van der Waals surface area contributed by atoms with Crippen molar-refractivity contribution in [1.82, 2.24) is 10.6 Å². The molecule has 0 saturated carbocycles. The molecule has 0 aromatic heterocycles. The largest absolute Gasteiger partial charge is 0.490 e. The van der Waals surface area contributed by atoms with Gasteiger partial charge in [0.15, 0.2) is 0 Å². The average Bonchev–Trinajstić information content (AvgIpc) is 2.84. The van der Waals surface area contributed by atoms with Crippen molar-refractivity contribution in [3.63, 3.8) is 0 Å². The van der Waals surface area contributed by atoms with Crippen molar-refractivity contribution in [3.05, 3.63) is 53.6 Å². The number of amides is 1. The number of hydrogen-bond acceptors (Lipinski definition) is 6. The van der Waals surface area contributed by atoms with Gasteiger partial charge in [-0.05, 0) is 56.2 Å². The second-order valence-electron chi connectivity index (χ2n) is 8.90. The molecule has 1 heterocycles. The van der Waals surface area contributed by atoms with E-state index in [1.54, 1.807) is 24.3 Å². The molecule has 1 aliphatic heterocycles. The van der Waals surface area contributed by atoms with Crippen LogP contribution in [0.3, 0.4) is 0 Å². The Morgan fingerprint density at radius 3 is 2.16 bits per heavy atom. The predicted octanol–water partition coefficient (Wildman–Crippen LogP) is 3.62. The minimum Gasteiger partial charge on any atom is -0.475 e. The summed E-state index contributed by atoms with van der Waals surface area (Å²) in [6.07, 6.45) is -3.17. The molecule has 0 radical (unpaired) electrons. The zero-order valence-corrected chi connectivity index (χ0v) is 22.2. The first-order chi connectivity index (χ1) is 17.7. The van der Waals surface area contributed by atoms with E-state index in [-0.39, 0.29) is 16.8 Å². The van der Waals surface area contributed by atoms with E-state index in [0.717, 1.165) is 50.3 Å². The first-order valence-electron chi connectivity index (χ1n) is 12.1. The average molecular weight is 559 g/mol. The minimum absolute atomic E-state index is 0.0228. The molecule has 0 atom stereocenters. The van der Waals surface area contributed by atoms with Gasteiger partial charge in [-0.3, -0.25) is 9.52 Å². The van der Waals surface area contributed by atoms with Crippen LogP contribution >= 0.6 is 0 Å². The van der Waals surface area contributed by atoms with Crippen LogP contribution in [0.25, 0.3) is 0 Å². The maximum Gasteiger partial charge on any atom is 0.490 e. The van der Waals surface area contributed by atoms with E-state index in [9.17, 15) is 26.4 Å². The summed E-state index contributed by atoms with van der Waals surface area (Å²) in [6, 6.07) is 12.1. The van der Waals surface area contributed by atoms with Crippen LogP contribution in [0.15, 0.2) is 47.4 Å². The van der Waals surface area contributed by atoms with Crippen molar-refractivity contribution in [2.75, 3.05) is 35.8 Å². The summed E-state index contributed by atoms with van der Waals surface area (Å²) in [7, 11) is -3.75. The molecule has 0 unspecified atom stereocenters. The van der Waals surface area contributed by atoms with Crippen LogP contribution in [0.4, 0.5) is 24.5 Å². The highest BCUT2D eigenvalue weighted by Crippen LogP contribution is 2.27. The number of aliphatic carboxylic acids is 1. The van der Waals surface area contributed by atoms with Crippen LogP contribution in [0.5, 0.6) is 0 Å². The lowest BCUT2D eigenvalue weighted by molar-refractivity contribution is -0.192. The molecule has 0 bridgehead atoms. The fourth-order valence-corrected chi connectivity index (χ4v) is 4.69. The van der Waals surface area contributed by atoms with Gasteiger partial charge in [0, 0.05) is 43.6 Å². The summed E-state index contributed by atoms with van der Waals surface area (Å²) in [5.41, 5.74) is 2.75. The molecular formula is C25H33F3N4O5S. The standard InChI is InChI=1S/C23H32N4O3S.C2HF3O2/c1-4-5-18-6-9-20(10-7-18)31(29,30)26-19-8-11-22(27-14-12-24-13-15-27)21(16-19)23(28)25-17(2)3;3-2(4,5)1(6)7/h6-11,16-17,24,26H,4-5,12-15H2,1-3H3,(H,25,28);(H,6,7). The Bertz CT molecular complexity index is 1200. The Hall–Kier alpha value is -3.32. The van der Waals surface area contributed by atoms with Gasteiger partial charge in [0.2, 0.25) is 0 Å². The summed E-state index contributed by atoms with van der Waals surface area (Å²) in [5, 5.41) is 13.3. The van der Waals surface area contributed by atoms with Gasteiger partial charge < -0.3 is 20.6 Å². The first-order valence-corrected chi connectivity index (χ1v) is 13.6. The van der Waals surface area contributed by atoms with Crippen LogP contribution in [-0.4, -0.2) is 63.8 Å². The van der Waals surface area contributed by atoms with E-state index in [1.807, 2.05) is 32.0 Å². The maximum absolute atomic E-state index is 12.9. The molecule has 3 rings (SSSR count). The monoisotopic (exact) mass is 558 g/mol. The summed E-state index contributed by atoms with van der Waals surface area (Å²) < 4.78 is 60.1. The van der Waals surface area contributed by atoms with Crippen molar-refractivity contribution < 1.29 is 36.3 Å². The third-order valence-corrected chi connectivity index (χ3v) is 6.78. The number of hydrogen-bond donors (Lipinski definition) is 4. The normalized spacial score (nSPS) is 13.9. The third kappa shape index (κ3) is 9.21. The molecule has 38 heavy (non-hydrogen) atoms. The number of carboxylic acids is 1. The van der Waals surface area contributed by atoms with Crippen molar-refractivity contribution in [1.29, 1.82) is 0 Å². The number of carbonyl (C=O) groups excluding carboxylic acids is 1. The van der Waals surface area contributed by atoms with E-state index >= 15 is 0 Å². The number of nitrogens with one attached hydrogen (secondary N) is 3. The van der Waals surface area contributed by atoms with E-state index in [0.29, 0.717) is 11.3 Å². The van der Waals surface area contributed by atoms with Gasteiger partial charge in [0.1, 0.15) is 0 Å². The third-order valence-electron chi connectivity index (χ3n) is 5.39. The number of benzene rings is 2. The number of sulfonamides is 1. The number of carbonyl (C=O) groups is 2. The fourth-order valence-electron chi connectivity index (χ4n) is 3.64. The van der Waals surface area contributed by atoms with Crippen LogP contribution in [0, 0.1) is 0 Å². The summed E-state index contributed by atoms with van der Waals surface area (Å²) >= 11 is 0. The molecule has 1 fully saturated rings. The van der Waals surface area contributed by atoms with Gasteiger partial charge in [-0.1, -0.05) is 25.5 Å². The maximum atomic E-state index is 12.9. The zero-order valence-electron chi connectivity index (χ0n) is 21.4. The lowest BCUT2D eigenvalue weighted by atomic mass is 10.1. The number of anilines is 2. The number of halogens is 3. The van der Waals surface area contributed by atoms with Gasteiger partial charge in [-0.25, -0.2) is 13.2 Å². The molecule has 0 spiro atoms. The van der Waals surface area contributed by atoms with Crippen LogP contribution in [0.1, 0.15) is 43.1 Å². The molecule has 4 N–H and O–H groups in total. The Balaban J connectivity index is 0.000000638. The predicted molar refractivity (Wildman–Crippen MR) is 139 cm³/mol. The van der Waals surface area contributed by atoms with Crippen molar-refractivity contribution in [3.8, 4) is 0 Å². The van der Waals surface area contributed by atoms with Crippen molar-refractivity contribution in [2.45, 2.75) is 50.7 Å². The number of rotatable bonds is 8. The number of alkyl halides is 3. The molecule has 0 aliphatic carbocycles. The van der Waals surface area contributed by atoms with Crippen LogP contribution in [-0.2, 0) is 21.2 Å². The van der Waals surface area contributed by atoms with Gasteiger partial charge in [0.25, 0.3) is 15.9 Å². The van der Waals surface area contributed by atoms with E-state index < -0.39 is 22.2 Å². The van der Waals surface area contributed by atoms with E-state index in [4.69, 9.17) is 9.90 Å². The van der Waals surface area contributed by atoms with Crippen LogP contribution < -0.4 is 20.3 Å². The highest BCUT2D eigenvalue weighted by molar-refractivity contribution is 7.92. The quantitative estimate of drug-likeness (QED) is 0.390. The lowest BCUT2D eigenvalue weighted by Gasteiger charge is -2.31. The van der Waals surface area contributed by atoms with Gasteiger partial charge in [-0.2, -0.15) is 13.2 Å². The summed E-state index contributed by atoms with van der Waals surface area (Å²) in [6.45, 7) is 9.15. The molecule has 210 valence electrons. The molecule has 1 saturated heterocycles. The van der Waals surface area contributed by atoms with Crippen molar-refractivity contribution >= 4 is 33.3 Å². The highest BCUT2D eigenvalue weighted by Gasteiger charge is 2.38. The Morgan fingerprint density at radius 1 is 1.08 bits per heavy atom. The smallest absolute Gasteiger partial charge is 0.475 e. The van der Waals surface area contributed by atoms with E-state index in [2.05, 4.69) is 27.2 Å². The molecule has 2 aromatic rings. The SMILES string of the molecule is CCCc1ccc(S(=O)(=O)Nc2ccc(N3CCNCC3)c(C(=O)NC(C)C)c2)cc1.O=C(O)C(F)(F)F. The van der Waals surface area contributed by atoms with Crippen LogP contribution in [0.2, 0.25) is 0 Å². The molecule has 1 amide bonds. The number of piperazine rings is 1. The molecule has 2 aromatic carbocycles. The molecule has 9 nitrogen and oxygen atoms in total. The summed E-state index contributed by atoms with van der Waals surface area (Å²) in [5.74, 6) is -2.97. The number of aryl methyl sites for hydroxylation is 1. The lowest BCUT2D eigenvalue weighted by Crippen LogP contribution is -2.44. The fraction of sp³-hybridized carbons (Fsp3) is 0.440. The highest BCUT2D eigenvalue weighted by atomic mass is 32.2. The minimum atomic E-state index is -5.08. The summed E-state index contributed by atoms with van der Waals surface area (Å²) in [4.78, 5) is 24.1. The van der Waals surface area contributed by atoms with Crippen molar-refractivity contribution in [2.24, 2.45) is 0 Å². The Morgan fingerprint density at radius 2 is 1.66 bits per heavy atom. The Labute approximate surface area is 220 Å². The first kappa shape index (κ1) is 30.9. The molecular weight excluding hydrogens is 525 g/mol. The van der Waals surface area contributed by atoms with Gasteiger partial charge in [-0.15, -0.1) is 0 Å². The number of carboxylic acid groups (broad SMARTS) is 1. The second-order valence-corrected chi connectivity index (χ2v) is 10.6. The zero-order chi connectivity index (χ0) is 28.5. The second kappa shape index (κ2) is 13.5. The number of nitrogens with zero attached hydrogens (tertiary/aromatic N) is 1. The van der Waals surface area contributed by atoms with Gasteiger partial charge in [0.05, 0.1) is 10.5 Å². The molecule has 1 aliphatic rings. The van der Waals surface area contributed by atoms with Gasteiger partial charge >= 0.3 is 12.1 Å². The Kier molecular flexibility index (Phi) is 11.0.